The van der Waals surface area contributed by atoms with Gasteiger partial charge in [-0.2, -0.15) is 0 Å². The molecule has 2 aliphatic rings. The second-order valence-corrected chi connectivity index (χ2v) is 5.82. The number of rotatable bonds is 2. The summed E-state index contributed by atoms with van der Waals surface area (Å²) in [6.07, 6.45) is 3.24. The molecule has 1 fully saturated rings. The third kappa shape index (κ3) is 2.49. The Labute approximate surface area is 115 Å². The molecule has 4 unspecified atom stereocenters. The first kappa shape index (κ1) is 12.9. The van der Waals surface area contributed by atoms with Crippen molar-refractivity contribution >= 4 is 0 Å². The molecule has 0 aliphatic carbocycles. The molecule has 104 valence electrons. The van der Waals surface area contributed by atoms with E-state index < -0.39 is 6.10 Å². The lowest BCUT2D eigenvalue weighted by Gasteiger charge is -2.40. The van der Waals surface area contributed by atoms with Crippen LogP contribution in [0.2, 0.25) is 0 Å². The number of aliphatic hydroxyl groups excluding tert-OH is 1. The van der Waals surface area contributed by atoms with E-state index in [4.69, 9.17) is 4.74 Å². The Kier molecular flexibility index (Phi) is 3.76. The topological polar surface area (TPSA) is 41.5 Å². The third-order valence-electron chi connectivity index (χ3n) is 4.72. The van der Waals surface area contributed by atoms with Crippen molar-refractivity contribution in [3.8, 4) is 5.75 Å². The average molecular weight is 261 g/mol. The summed E-state index contributed by atoms with van der Waals surface area (Å²) >= 11 is 0. The molecular weight excluding hydrogens is 238 g/mol. The average Bonchev–Trinajstić information content (AvgIpc) is 2.48. The van der Waals surface area contributed by atoms with Crippen LogP contribution in [0.3, 0.4) is 0 Å². The van der Waals surface area contributed by atoms with E-state index in [2.05, 4.69) is 12.2 Å². The predicted molar refractivity (Wildman–Crippen MR) is 75.2 cm³/mol. The molecule has 3 rings (SSSR count). The summed E-state index contributed by atoms with van der Waals surface area (Å²) in [6.45, 7) is 3.94. The zero-order chi connectivity index (χ0) is 13.2. The monoisotopic (exact) mass is 261 g/mol. The van der Waals surface area contributed by atoms with Crippen LogP contribution in [0.5, 0.6) is 5.75 Å². The minimum atomic E-state index is -0.405. The van der Waals surface area contributed by atoms with E-state index >= 15 is 0 Å². The molecule has 3 heteroatoms. The minimum absolute atomic E-state index is 0.171. The van der Waals surface area contributed by atoms with Crippen molar-refractivity contribution in [1.82, 2.24) is 5.32 Å². The van der Waals surface area contributed by atoms with Gasteiger partial charge >= 0.3 is 0 Å². The molecular formula is C16H23NO2. The van der Waals surface area contributed by atoms with Gasteiger partial charge in [-0.25, -0.2) is 0 Å². The van der Waals surface area contributed by atoms with E-state index in [1.54, 1.807) is 0 Å². The highest BCUT2D eigenvalue weighted by Gasteiger charge is 2.37. The zero-order valence-electron chi connectivity index (χ0n) is 11.5. The molecule has 2 aliphatic heterocycles. The van der Waals surface area contributed by atoms with Crippen LogP contribution in [-0.2, 0) is 0 Å². The van der Waals surface area contributed by atoms with Crippen molar-refractivity contribution in [3.05, 3.63) is 29.8 Å². The second kappa shape index (κ2) is 5.51. The molecule has 4 atom stereocenters. The van der Waals surface area contributed by atoms with Gasteiger partial charge in [0.15, 0.2) is 0 Å². The van der Waals surface area contributed by atoms with Gasteiger partial charge in [-0.3, -0.25) is 0 Å². The van der Waals surface area contributed by atoms with E-state index in [9.17, 15) is 5.11 Å². The molecule has 2 heterocycles. The van der Waals surface area contributed by atoms with E-state index in [0.717, 1.165) is 30.2 Å². The Morgan fingerprint density at radius 1 is 1.37 bits per heavy atom. The summed E-state index contributed by atoms with van der Waals surface area (Å²) in [7, 11) is 0. The molecule has 0 amide bonds. The Bertz CT molecular complexity index is 435. The SMILES string of the molecule is CCC1CCNC(C2COc3ccccc3C2O)C1. The molecule has 1 saturated heterocycles. The minimum Gasteiger partial charge on any atom is -0.493 e. The van der Waals surface area contributed by atoms with Crippen LogP contribution in [0.15, 0.2) is 24.3 Å². The van der Waals surface area contributed by atoms with Crippen molar-refractivity contribution in [3.63, 3.8) is 0 Å². The molecule has 0 saturated carbocycles. The molecule has 19 heavy (non-hydrogen) atoms. The molecule has 2 N–H and O–H groups in total. The van der Waals surface area contributed by atoms with E-state index in [0.29, 0.717) is 12.6 Å². The van der Waals surface area contributed by atoms with Crippen LogP contribution >= 0.6 is 0 Å². The summed E-state index contributed by atoms with van der Waals surface area (Å²) in [6, 6.07) is 8.22. The maximum atomic E-state index is 10.6. The summed E-state index contributed by atoms with van der Waals surface area (Å²) in [5.41, 5.74) is 0.944. The Balaban J connectivity index is 1.76. The van der Waals surface area contributed by atoms with Crippen LogP contribution in [0.25, 0.3) is 0 Å². The van der Waals surface area contributed by atoms with Crippen molar-refractivity contribution in [1.29, 1.82) is 0 Å². The molecule has 0 aromatic heterocycles. The fourth-order valence-corrected chi connectivity index (χ4v) is 3.43. The molecule has 0 radical (unpaired) electrons. The van der Waals surface area contributed by atoms with E-state index in [1.807, 2.05) is 24.3 Å². The first-order chi connectivity index (χ1) is 9.29. The summed E-state index contributed by atoms with van der Waals surface area (Å²) < 4.78 is 5.83. The van der Waals surface area contributed by atoms with Crippen molar-refractivity contribution < 1.29 is 9.84 Å². The predicted octanol–water partition coefficient (Wildman–Crippen LogP) is 2.51. The normalized spacial score (nSPS) is 34.4. The largest absolute Gasteiger partial charge is 0.493 e. The number of piperidine rings is 1. The van der Waals surface area contributed by atoms with Crippen molar-refractivity contribution in [2.75, 3.05) is 13.2 Å². The number of aliphatic hydroxyl groups is 1. The number of ether oxygens (including phenoxy) is 1. The van der Waals surface area contributed by atoms with Crippen LogP contribution in [-0.4, -0.2) is 24.3 Å². The van der Waals surface area contributed by atoms with Crippen LogP contribution in [0.4, 0.5) is 0 Å². The van der Waals surface area contributed by atoms with Gasteiger partial charge in [-0.15, -0.1) is 0 Å². The Morgan fingerprint density at radius 3 is 3.05 bits per heavy atom. The molecule has 3 nitrogen and oxygen atoms in total. The van der Waals surface area contributed by atoms with Gasteiger partial charge in [-0.05, 0) is 31.4 Å². The highest BCUT2D eigenvalue weighted by Crippen LogP contribution is 2.38. The van der Waals surface area contributed by atoms with Gasteiger partial charge in [0.1, 0.15) is 5.75 Å². The zero-order valence-corrected chi connectivity index (χ0v) is 11.5. The quantitative estimate of drug-likeness (QED) is 0.859. The van der Waals surface area contributed by atoms with Crippen LogP contribution in [0.1, 0.15) is 37.9 Å². The fourth-order valence-electron chi connectivity index (χ4n) is 3.43. The lowest BCUT2D eigenvalue weighted by molar-refractivity contribution is 0.0181. The number of hydrogen-bond acceptors (Lipinski definition) is 3. The summed E-state index contributed by atoms with van der Waals surface area (Å²) in [4.78, 5) is 0. The van der Waals surface area contributed by atoms with Crippen molar-refractivity contribution in [2.45, 2.75) is 38.3 Å². The van der Waals surface area contributed by atoms with Gasteiger partial charge < -0.3 is 15.2 Å². The standard InChI is InChI=1S/C16H23NO2/c1-2-11-7-8-17-14(9-11)13-10-19-15-6-4-3-5-12(15)16(13)18/h3-6,11,13-14,16-18H,2,7-10H2,1H3. The first-order valence-corrected chi connectivity index (χ1v) is 7.42. The maximum absolute atomic E-state index is 10.6. The van der Waals surface area contributed by atoms with Crippen LogP contribution in [0, 0.1) is 11.8 Å². The van der Waals surface area contributed by atoms with Gasteiger partial charge in [-0.1, -0.05) is 31.5 Å². The highest BCUT2D eigenvalue weighted by molar-refractivity contribution is 5.37. The maximum Gasteiger partial charge on any atom is 0.125 e. The number of hydrogen-bond donors (Lipinski definition) is 2. The van der Waals surface area contributed by atoms with Gasteiger partial charge in [0, 0.05) is 17.5 Å². The fraction of sp³-hybridized carbons (Fsp3) is 0.625. The summed E-state index contributed by atoms with van der Waals surface area (Å²) in [5.74, 6) is 1.80. The third-order valence-corrected chi connectivity index (χ3v) is 4.72. The number of para-hydroxylation sites is 1. The Hall–Kier alpha value is -1.06. The molecule has 0 bridgehead atoms. The molecule has 1 aromatic rings. The summed E-state index contributed by atoms with van der Waals surface area (Å²) in [5, 5.41) is 14.2. The van der Waals surface area contributed by atoms with Gasteiger partial charge in [0.25, 0.3) is 0 Å². The van der Waals surface area contributed by atoms with Gasteiger partial charge in [0.05, 0.1) is 12.7 Å². The number of fused-ring (bicyclic) bond motifs is 1. The molecule has 0 spiro atoms. The first-order valence-electron chi connectivity index (χ1n) is 7.42. The number of benzene rings is 1. The smallest absolute Gasteiger partial charge is 0.125 e. The Morgan fingerprint density at radius 2 is 2.21 bits per heavy atom. The molecule has 1 aromatic carbocycles. The van der Waals surface area contributed by atoms with Crippen molar-refractivity contribution in [2.24, 2.45) is 11.8 Å². The van der Waals surface area contributed by atoms with Crippen LogP contribution < -0.4 is 10.1 Å². The highest BCUT2D eigenvalue weighted by atomic mass is 16.5. The lowest BCUT2D eigenvalue weighted by Crippen LogP contribution is -2.48. The van der Waals surface area contributed by atoms with E-state index in [-0.39, 0.29) is 5.92 Å². The van der Waals surface area contributed by atoms with E-state index in [1.165, 1.54) is 12.8 Å². The second-order valence-electron chi connectivity index (χ2n) is 5.82. The lowest BCUT2D eigenvalue weighted by atomic mass is 9.80. The number of nitrogens with one attached hydrogen (secondary N) is 1. The van der Waals surface area contributed by atoms with Gasteiger partial charge in [0.2, 0.25) is 0 Å².